The van der Waals surface area contributed by atoms with Crippen LogP contribution in [0.3, 0.4) is 0 Å². The lowest BCUT2D eigenvalue weighted by Crippen LogP contribution is -1.93. The van der Waals surface area contributed by atoms with Crippen LogP contribution in [0.25, 0.3) is 11.3 Å². The Hall–Kier alpha value is -1.90. The number of anilines is 1. The molecule has 0 unspecified atom stereocenters. The van der Waals surface area contributed by atoms with Crippen molar-refractivity contribution < 1.29 is 4.39 Å². The number of halogens is 1. The number of nitrogens with two attached hydrogens (primary N) is 1. The Balaban J connectivity index is 2.54. The number of rotatable bonds is 1. The Morgan fingerprint density at radius 1 is 1.20 bits per heavy atom. The van der Waals surface area contributed by atoms with Gasteiger partial charge in [0.1, 0.15) is 11.6 Å². The Morgan fingerprint density at radius 2 is 2.00 bits per heavy atom. The van der Waals surface area contributed by atoms with Crippen molar-refractivity contribution in [3.05, 3.63) is 47.8 Å². The third-order valence-electron chi connectivity index (χ3n) is 2.24. The molecule has 0 bridgehead atoms. The minimum atomic E-state index is -0.236. The highest BCUT2D eigenvalue weighted by Crippen LogP contribution is 2.22. The van der Waals surface area contributed by atoms with Crippen molar-refractivity contribution in [1.29, 1.82) is 0 Å². The standard InChI is InChI=1S/C12H11FN2/c1-8-7-9(13)5-6-10(8)11-3-2-4-12(14)15-11/h2-7H,1H3,(H2,14,15). The predicted octanol–water partition coefficient (Wildman–Crippen LogP) is 2.78. The predicted molar refractivity (Wildman–Crippen MR) is 58.8 cm³/mol. The van der Waals surface area contributed by atoms with Gasteiger partial charge in [-0.25, -0.2) is 9.37 Å². The van der Waals surface area contributed by atoms with Crippen LogP contribution < -0.4 is 5.73 Å². The minimum absolute atomic E-state index is 0.236. The van der Waals surface area contributed by atoms with Crippen LogP contribution in [-0.2, 0) is 0 Å². The van der Waals surface area contributed by atoms with Crippen LogP contribution in [0.4, 0.5) is 10.2 Å². The molecular weight excluding hydrogens is 191 g/mol. The summed E-state index contributed by atoms with van der Waals surface area (Å²) in [5, 5.41) is 0. The first kappa shape index (κ1) is 9.65. The third-order valence-corrected chi connectivity index (χ3v) is 2.24. The van der Waals surface area contributed by atoms with Crippen LogP contribution in [0.1, 0.15) is 5.56 Å². The zero-order valence-corrected chi connectivity index (χ0v) is 8.37. The Labute approximate surface area is 87.6 Å². The van der Waals surface area contributed by atoms with Crippen LogP contribution in [-0.4, -0.2) is 4.98 Å². The molecule has 1 aromatic heterocycles. The van der Waals surface area contributed by atoms with Gasteiger partial charge in [-0.2, -0.15) is 0 Å². The molecule has 1 aromatic carbocycles. The highest BCUT2D eigenvalue weighted by Gasteiger charge is 2.04. The van der Waals surface area contributed by atoms with Crippen LogP contribution in [0.2, 0.25) is 0 Å². The number of aryl methyl sites for hydroxylation is 1. The SMILES string of the molecule is Cc1cc(F)ccc1-c1cccc(N)n1. The van der Waals surface area contributed by atoms with Crippen LogP contribution >= 0.6 is 0 Å². The first-order chi connectivity index (χ1) is 7.16. The number of pyridine rings is 1. The van der Waals surface area contributed by atoms with Gasteiger partial charge in [0.25, 0.3) is 0 Å². The van der Waals surface area contributed by atoms with E-state index in [-0.39, 0.29) is 5.82 Å². The second-order valence-electron chi connectivity index (χ2n) is 3.41. The molecule has 0 spiro atoms. The van der Waals surface area contributed by atoms with E-state index in [0.717, 1.165) is 16.8 Å². The van der Waals surface area contributed by atoms with Gasteiger partial charge in [0.05, 0.1) is 5.69 Å². The molecule has 0 amide bonds. The Bertz CT molecular complexity index is 495. The molecule has 0 fully saturated rings. The van der Waals surface area contributed by atoms with Gasteiger partial charge in [0.2, 0.25) is 0 Å². The van der Waals surface area contributed by atoms with Crippen molar-refractivity contribution in [3.63, 3.8) is 0 Å². The number of nitrogen functional groups attached to an aromatic ring is 1. The molecule has 15 heavy (non-hydrogen) atoms. The van der Waals surface area contributed by atoms with Gasteiger partial charge in [-0.15, -0.1) is 0 Å². The molecule has 2 nitrogen and oxygen atoms in total. The van der Waals surface area contributed by atoms with Crippen molar-refractivity contribution in [1.82, 2.24) is 4.98 Å². The largest absolute Gasteiger partial charge is 0.384 e. The van der Waals surface area contributed by atoms with Crippen molar-refractivity contribution in [2.75, 3.05) is 5.73 Å². The molecular formula is C12H11FN2. The van der Waals surface area contributed by atoms with Gasteiger partial charge in [0.15, 0.2) is 0 Å². The molecule has 0 aliphatic carbocycles. The second kappa shape index (κ2) is 3.69. The highest BCUT2D eigenvalue weighted by atomic mass is 19.1. The molecule has 0 aliphatic heterocycles. The Morgan fingerprint density at radius 3 is 2.67 bits per heavy atom. The van der Waals surface area contributed by atoms with E-state index in [2.05, 4.69) is 4.98 Å². The fraction of sp³-hybridized carbons (Fsp3) is 0.0833. The fourth-order valence-corrected chi connectivity index (χ4v) is 1.52. The van der Waals surface area contributed by atoms with Crippen molar-refractivity contribution >= 4 is 5.82 Å². The molecule has 0 saturated carbocycles. The molecule has 2 rings (SSSR count). The summed E-state index contributed by atoms with van der Waals surface area (Å²) in [6.45, 7) is 1.85. The normalized spacial score (nSPS) is 10.3. The maximum Gasteiger partial charge on any atom is 0.124 e. The number of aromatic nitrogens is 1. The molecule has 1 heterocycles. The maximum atomic E-state index is 12.9. The minimum Gasteiger partial charge on any atom is -0.384 e. The maximum absolute atomic E-state index is 12.9. The summed E-state index contributed by atoms with van der Waals surface area (Å²) >= 11 is 0. The van der Waals surface area contributed by atoms with Crippen molar-refractivity contribution in [3.8, 4) is 11.3 Å². The summed E-state index contributed by atoms with van der Waals surface area (Å²) in [5.74, 6) is 0.233. The smallest absolute Gasteiger partial charge is 0.124 e. The lowest BCUT2D eigenvalue weighted by atomic mass is 10.1. The zero-order chi connectivity index (χ0) is 10.8. The highest BCUT2D eigenvalue weighted by molar-refractivity contribution is 5.64. The lowest BCUT2D eigenvalue weighted by Gasteiger charge is -2.05. The number of nitrogens with zero attached hydrogens (tertiary/aromatic N) is 1. The van der Waals surface area contributed by atoms with Gasteiger partial charge in [-0.1, -0.05) is 6.07 Å². The van der Waals surface area contributed by atoms with E-state index < -0.39 is 0 Å². The third kappa shape index (κ3) is 1.96. The van der Waals surface area contributed by atoms with E-state index in [9.17, 15) is 4.39 Å². The van der Waals surface area contributed by atoms with E-state index in [1.54, 1.807) is 12.1 Å². The van der Waals surface area contributed by atoms with Crippen LogP contribution in [0.15, 0.2) is 36.4 Å². The van der Waals surface area contributed by atoms with Gasteiger partial charge in [-0.3, -0.25) is 0 Å². The fourth-order valence-electron chi connectivity index (χ4n) is 1.52. The summed E-state index contributed by atoms with van der Waals surface area (Å²) in [6, 6.07) is 10.0. The molecule has 0 atom stereocenters. The lowest BCUT2D eigenvalue weighted by molar-refractivity contribution is 0.627. The summed E-state index contributed by atoms with van der Waals surface area (Å²) in [6.07, 6.45) is 0. The zero-order valence-electron chi connectivity index (χ0n) is 8.37. The van der Waals surface area contributed by atoms with Gasteiger partial charge >= 0.3 is 0 Å². The van der Waals surface area contributed by atoms with Crippen molar-refractivity contribution in [2.45, 2.75) is 6.92 Å². The molecule has 0 aliphatic rings. The monoisotopic (exact) mass is 202 g/mol. The molecule has 2 N–H and O–H groups in total. The molecule has 0 radical (unpaired) electrons. The van der Waals surface area contributed by atoms with E-state index in [4.69, 9.17) is 5.73 Å². The number of benzene rings is 1. The summed E-state index contributed by atoms with van der Waals surface area (Å²) in [7, 11) is 0. The van der Waals surface area contributed by atoms with Crippen LogP contribution in [0, 0.1) is 12.7 Å². The number of hydrogen-bond donors (Lipinski definition) is 1. The van der Waals surface area contributed by atoms with E-state index in [1.165, 1.54) is 12.1 Å². The Kier molecular flexibility index (Phi) is 2.37. The molecule has 76 valence electrons. The summed E-state index contributed by atoms with van der Waals surface area (Å²) < 4.78 is 12.9. The second-order valence-corrected chi connectivity index (χ2v) is 3.41. The quantitative estimate of drug-likeness (QED) is 0.772. The molecule has 2 aromatic rings. The molecule has 0 saturated heterocycles. The van der Waals surface area contributed by atoms with Gasteiger partial charge in [0, 0.05) is 5.56 Å². The van der Waals surface area contributed by atoms with Crippen LogP contribution in [0.5, 0.6) is 0 Å². The van der Waals surface area contributed by atoms with Crippen molar-refractivity contribution in [2.24, 2.45) is 0 Å². The average Bonchev–Trinajstić information content (AvgIpc) is 2.17. The summed E-state index contributed by atoms with van der Waals surface area (Å²) in [4.78, 5) is 4.19. The summed E-state index contributed by atoms with van der Waals surface area (Å²) in [5.41, 5.74) is 8.12. The first-order valence-corrected chi connectivity index (χ1v) is 4.66. The van der Waals surface area contributed by atoms with Gasteiger partial charge < -0.3 is 5.73 Å². The first-order valence-electron chi connectivity index (χ1n) is 4.66. The van der Waals surface area contributed by atoms with E-state index >= 15 is 0 Å². The number of hydrogen-bond acceptors (Lipinski definition) is 2. The topological polar surface area (TPSA) is 38.9 Å². The van der Waals surface area contributed by atoms with E-state index in [0.29, 0.717) is 5.82 Å². The van der Waals surface area contributed by atoms with Gasteiger partial charge in [-0.05, 0) is 42.8 Å². The average molecular weight is 202 g/mol. The molecule has 3 heteroatoms. The van der Waals surface area contributed by atoms with E-state index in [1.807, 2.05) is 19.1 Å².